The fourth-order valence-electron chi connectivity index (χ4n) is 2.25. The lowest BCUT2D eigenvalue weighted by molar-refractivity contribution is -0.142. The van der Waals surface area contributed by atoms with Crippen LogP contribution in [0.4, 0.5) is 0 Å². The van der Waals surface area contributed by atoms with Crippen molar-refractivity contribution in [3.05, 3.63) is 0 Å². The fraction of sp³-hybridized carbons (Fsp3) is 1.00. The Labute approximate surface area is 105 Å². The van der Waals surface area contributed by atoms with Gasteiger partial charge in [0.15, 0.2) is 6.29 Å². The molecule has 102 valence electrons. The van der Waals surface area contributed by atoms with Crippen molar-refractivity contribution in [3.8, 4) is 0 Å². The first-order valence-electron chi connectivity index (χ1n) is 6.88. The van der Waals surface area contributed by atoms with E-state index in [1.807, 2.05) is 13.8 Å². The molecule has 0 bridgehead atoms. The molecule has 1 aliphatic heterocycles. The van der Waals surface area contributed by atoms with Crippen molar-refractivity contribution in [1.82, 2.24) is 4.90 Å². The minimum absolute atomic E-state index is 0.0550. The summed E-state index contributed by atoms with van der Waals surface area (Å²) >= 11 is 0. The second-order valence-corrected chi connectivity index (χ2v) is 4.86. The zero-order valence-electron chi connectivity index (χ0n) is 11.5. The maximum atomic E-state index is 6.09. The van der Waals surface area contributed by atoms with Crippen molar-refractivity contribution in [1.29, 1.82) is 0 Å². The Morgan fingerprint density at radius 3 is 2.47 bits per heavy atom. The Balaban J connectivity index is 2.24. The SMILES string of the molecule is CCOC(CCN1CCC(C)C(N)C1)OCC. The molecule has 1 aliphatic rings. The summed E-state index contributed by atoms with van der Waals surface area (Å²) in [5.41, 5.74) is 6.09. The summed E-state index contributed by atoms with van der Waals surface area (Å²) in [6.07, 6.45) is 2.08. The first-order chi connectivity index (χ1) is 8.17. The highest BCUT2D eigenvalue weighted by Gasteiger charge is 2.23. The van der Waals surface area contributed by atoms with Crippen LogP contribution in [0.3, 0.4) is 0 Å². The summed E-state index contributed by atoms with van der Waals surface area (Å²) in [6.45, 7) is 10.8. The van der Waals surface area contributed by atoms with Crippen LogP contribution in [-0.2, 0) is 9.47 Å². The van der Waals surface area contributed by atoms with Crippen LogP contribution in [0.1, 0.15) is 33.6 Å². The van der Waals surface area contributed by atoms with E-state index in [2.05, 4.69) is 11.8 Å². The van der Waals surface area contributed by atoms with Gasteiger partial charge in [-0.2, -0.15) is 0 Å². The zero-order chi connectivity index (χ0) is 12.7. The molecule has 1 rings (SSSR count). The molecule has 0 aliphatic carbocycles. The van der Waals surface area contributed by atoms with Gasteiger partial charge in [-0.1, -0.05) is 6.92 Å². The van der Waals surface area contributed by atoms with E-state index in [1.54, 1.807) is 0 Å². The summed E-state index contributed by atoms with van der Waals surface area (Å²) in [7, 11) is 0. The number of ether oxygens (including phenoxy) is 2. The lowest BCUT2D eigenvalue weighted by Crippen LogP contribution is -2.48. The third-order valence-electron chi connectivity index (χ3n) is 3.49. The molecule has 17 heavy (non-hydrogen) atoms. The molecule has 0 saturated carbocycles. The number of nitrogens with zero attached hydrogens (tertiary/aromatic N) is 1. The van der Waals surface area contributed by atoms with E-state index in [0.29, 0.717) is 25.2 Å². The predicted octanol–water partition coefficient (Wildman–Crippen LogP) is 1.44. The van der Waals surface area contributed by atoms with Gasteiger partial charge in [-0.15, -0.1) is 0 Å². The Morgan fingerprint density at radius 2 is 1.94 bits per heavy atom. The Hall–Kier alpha value is -0.160. The van der Waals surface area contributed by atoms with Gasteiger partial charge in [-0.25, -0.2) is 0 Å². The highest BCUT2D eigenvalue weighted by atomic mass is 16.7. The van der Waals surface area contributed by atoms with Crippen LogP contribution in [0.5, 0.6) is 0 Å². The molecule has 0 aromatic carbocycles. The van der Waals surface area contributed by atoms with E-state index in [-0.39, 0.29) is 6.29 Å². The summed E-state index contributed by atoms with van der Waals surface area (Å²) in [4.78, 5) is 2.43. The van der Waals surface area contributed by atoms with Crippen molar-refractivity contribution in [2.24, 2.45) is 11.7 Å². The molecule has 0 aromatic heterocycles. The van der Waals surface area contributed by atoms with E-state index in [9.17, 15) is 0 Å². The average molecular weight is 244 g/mol. The lowest BCUT2D eigenvalue weighted by atomic mass is 9.94. The van der Waals surface area contributed by atoms with Gasteiger partial charge in [-0.05, 0) is 32.7 Å². The van der Waals surface area contributed by atoms with Gasteiger partial charge in [-0.3, -0.25) is 0 Å². The van der Waals surface area contributed by atoms with Crippen molar-refractivity contribution in [2.45, 2.75) is 45.9 Å². The van der Waals surface area contributed by atoms with Crippen LogP contribution in [0.15, 0.2) is 0 Å². The molecular weight excluding hydrogens is 216 g/mol. The molecule has 0 spiro atoms. The number of hydrogen-bond donors (Lipinski definition) is 1. The van der Waals surface area contributed by atoms with Gasteiger partial charge < -0.3 is 20.1 Å². The van der Waals surface area contributed by atoms with Crippen molar-refractivity contribution in [3.63, 3.8) is 0 Å². The second-order valence-electron chi connectivity index (χ2n) is 4.86. The third kappa shape index (κ3) is 5.34. The highest BCUT2D eigenvalue weighted by molar-refractivity contribution is 4.80. The van der Waals surface area contributed by atoms with Gasteiger partial charge in [0.2, 0.25) is 0 Å². The number of hydrogen-bond acceptors (Lipinski definition) is 4. The Bertz CT molecular complexity index is 196. The topological polar surface area (TPSA) is 47.7 Å². The fourth-order valence-corrected chi connectivity index (χ4v) is 2.25. The van der Waals surface area contributed by atoms with E-state index in [1.165, 1.54) is 6.42 Å². The number of rotatable bonds is 7. The molecular formula is C13H28N2O2. The summed E-state index contributed by atoms with van der Waals surface area (Å²) in [5, 5.41) is 0. The van der Waals surface area contributed by atoms with Crippen LogP contribution in [0.25, 0.3) is 0 Å². The van der Waals surface area contributed by atoms with E-state index < -0.39 is 0 Å². The van der Waals surface area contributed by atoms with Crippen molar-refractivity contribution < 1.29 is 9.47 Å². The van der Waals surface area contributed by atoms with E-state index in [0.717, 1.165) is 26.1 Å². The molecule has 1 fully saturated rings. The maximum absolute atomic E-state index is 6.09. The average Bonchev–Trinajstić information content (AvgIpc) is 2.31. The first-order valence-corrected chi connectivity index (χ1v) is 6.88. The molecule has 0 amide bonds. The Kier molecular flexibility index (Phi) is 7.04. The lowest BCUT2D eigenvalue weighted by Gasteiger charge is -2.35. The molecule has 0 radical (unpaired) electrons. The molecule has 4 nitrogen and oxygen atoms in total. The first kappa shape index (κ1) is 14.9. The van der Waals surface area contributed by atoms with Gasteiger partial charge >= 0.3 is 0 Å². The second kappa shape index (κ2) is 8.03. The largest absolute Gasteiger partial charge is 0.353 e. The maximum Gasteiger partial charge on any atom is 0.158 e. The standard InChI is InChI=1S/C13H28N2O2/c1-4-16-13(17-5-2)7-9-15-8-6-11(3)12(14)10-15/h11-13H,4-10,14H2,1-3H3. The molecule has 2 unspecified atom stereocenters. The molecule has 4 heteroatoms. The Morgan fingerprint density at radius 1 is 1.29 bits per heavy atom. The molecule has 2 atom stereocenters. The molecule has 2 N–H and O–H groups in total. The third-order valence-corrected chi connectivity index (χ3v) is 3.49. The van der Waals surface area contributed by atoms with E-state index in [4.69, 9.17) is 15.2 Å². The monoisotopic (exact) mass is 244 g/mol. The van der Waals surface area contributed by atoms with Crippen LogP contribution >= 0.6 is 0 Å². The normalized spacial score (nSPS) is 26.6. The summed E-state index contributed by atoms with van der Waals surface area (Å²) in [5.74, 6) is 0.654. The van der Waals surface area contributed by atoms with Gasteiger partial charge in [0.05, 0.1) is 0 Å². The van der Waals surface area contributed by atoms with Crippen LogP contribution in [-0.4, -0.2) is 50.1 Å². The van der Waals surface area contributed by atoms with Crippen LogP contribution in [0.2, 0.25) is 0 Å². The van der Waals surface area contributed by atoms with Gasteiger partial charge in [0.25, 0.3) is 0 Å². The zero-order valence-corrected chi connectivity index (χ0v) is 11.5. The number of piperidine rings is 1. The van der Waals surface area contributed by atoms with Gasteiger partial charge in [0, 0.05) is 38.8 Å². The minimum atomic E-state index is -0.0550. The number of likely N-dealkylation sites (tertiary alicyclic amines) is 1. The highest BCUT2D eigenvalue weighted by Crippen LogP contribution is 2.16. The molecule has 1 heterocycles. The smallest absolute Gasteiger partial charge is 0.158 e. The molecule has 0 aromatic rings. The number of nitrogens with two attached hydrogens (primary N) is 1. The minimum Gasteiger partial charge on any atom is -0.353 e. The van der Waals surface area contributed by atoms with Crippen LogP contribution in [0, 0.1) is 5.92 Å². The summed E-state index contributed by atoms with van der Waals surface area (Å²) < 4.78 is 11.1. The van der Waals surface area contributed by atoms with Gasteiger partial charge in [0.1, 0.15) is 0 Å². The predicted molar refractivity (Wildman–Crippen MR) is 69.9 cm³/mol. The summed E-state index contributed by atoms with van der Waals surface area (Å²) in [6, 6.07) is 0.321. The van der Waals surface area contributed by atoms with E-state index >= 15 is 0 Å². The quantitative estimate of drug-likeness (QED) is 0.689. The van der Waals surface area contributed by atoms with Crippen molar-refractivity contribution >= 4 is 0 Å². The molecule has 1 saturated heterocycles. The van der Waals surface area contributed by atoms with Crippen molar-refractivity contribution in [2.75, 3.05) is 32.8 Å². The van der Waals surface area contributed by atoms with Crippen LogP contribution < -0.4 is 5.73 Å².